The Morgan fingerprint density at radius 1 is 1.11 bits per heavy atom. The van der Waals surface area contributed by atoms with Crippen molar-refractivity contribution in [2.24, 2.45) is 4.99 Å². The molecule has 4 rings (SSSR count). The Hall–Kier alpha value is -3.69. The van der Waals surface area contributed by atoms with Crippen molar-refractivity contribution in [2.75, 3.05) is 11.3 Å². The van der Waals surface area contributed by atoms with E-state index >= 15 is 0 Å². The van der Waals surface area contributed by atoms with Gasteiger partial charge in [0.15, 0.2) is 4.80 Å². The number of nitrogens with zero attached hydrogens (tertiary/aromatic N) is 2. The van der Waals surface area contributed by atoms with Crippen molar-refractivity contribution in [3.8, 4) is 5.75 Å². The fourth-order valence-electron chi connectivity index (χ4n) is 3.46. The van der Waals surface area contributed by atoms with Gasteiger partial charge in [0.25, 0.3) is 15.9 Å². The average Bonchev–Trinajstić information content (AvgIpc) is 3.16. The molecule has 9 heteroatoms. The number of ether oxygens (including phenoxy) is 1. The number of anilines is 1. The zero-order valence-corrected chi connectivity index (χ0v) is 21.0. The van der Waals surface area contributed by atoms with Gasteiger partial charge < -0.3 is 9.30 Å². The molecular formula is C26H25N3O4S2. The minimum Gasteiger partial charge on any atom is -0.494 e. The summed E-state index contributed by atoms with van der Waals surface area (Å²) in [7, 11) is -3.73. The average molecular weight is 508 g/mol. The van der Waals surface area contributed by atoms with Crippen molar-refractivity contribution in [1.29, 1.82) is 0 Å². The molecule has 7 nitrogen and oxygen atoms in total. The number of allylic oxidation sites excluding steroid dienone is 1. The Labute approximate surface area is 208 Å². The summed E-state index contributed by atoms with van der Waals surface area (Å²) in [5.41, 5.74) is 2.61. The van der Waals surface area contributed by atoms with Gasteiger partial charge in [-0.25, -0.2) is 8.42 Å². The molecule has 35 heavy (non-hydrogen) atoms. The van der Waals surface area contributed by atoms with Crippen LogP contribution >= 0.6 is 11.3 Å². The summed E-state index contributed by atoms with van der Waals surface area (Å²) in [5.74, 6) is 0.334. The predicted octanol–water partition coefficient (Wildman–Crippen LogP) is 5.14. The van der Waals surface area contributed by atoms with Gasteiger partial charge in [-0.05, 0) is 68.4 Å². The molecule has 1 amide bonds. The second kappa shape index (κ2) is 10.3. The smallest absolute Gasteiger partial charge is 0.279 e. The van der Waals surface area contributed by atoms with Crippen LogP contribution in [0.4, 0.5) is 5.69 Å². The Morgan fingerprint density at radius 2 is 1.83 bits per heavy atom. The van der Waals surface area contributed by atoms with Crippen molar-refractivity contribution in [1.82, 2.24) is 4.57 Å². The maximum Gasteiger partial charge on any atom is 0.279 e. The van der Waals surface area contributed by atoms with Crippen LogP contribution in [0.2, 0.25) is 0 Å². The summed E-state index contributed by atoms with van der Waals surface area (Å²) >= 11 is 1.39. The molecule has 4 aromatic rings. The number of nitrogens with one attached hydrogen (secondary N) is 1. The second-order valence-corrected chi connectivity index (χ2v) is 10.5. The summed E-state index contributed by atoms with van der Waals surface area (Å²) in [6, 6.07) is 18.5. The summed E-state index contributed by atoms with van der Waals surface area (Å²) in [6.45, 7) is 8.69. The number of rotatable bonds is 8. The third kappa shape index (κ3) is 5.52. The number of carbonyl (C=O) groups excluding carboxylic acids is 1. The van der Waals surface area contributed by atoms with Gasteiger partial charge >= 0.3 is 0 Å². The van der Waals surface area contributed by atoms with Gasteiger partial charge in [-0.15, -0.1) is 6.58 Å². The molecule has 1 heterocycles. The van der Waals surface area contributed by atoms with Crippen LogP contribution in [0, 0.1) is 6.92 Å². The van der Waals surface area contributed by atoms with Crippen LogP contribution in [0.25, 0.3) is 10.2 Å². The van der Waals surface area contributed by atoms with Crippen molar-refractivity contribution < 1.29 is 17.9 Å². The van der Waals surface area contributed by atoms with Gasteiger partial charge in [-0.3, -0.25) is 9.52 Å². The number of carbonyl (C=O) groups is 1. The molecule has 0 fully saturated rings. The normalized spacial score (nSPS) is 12.0. The van der Waals surface area contributed by atoms with Crippen LogP contribution in [0.5, 0.6) is 5.75 Å². The lowest BCUT2D eigenvalue weighted by Gasteiger charge is -2.08. The molecule has 0 aliphatic rings. The number of hydrogen-bond acceptors (Lipinski definition) is 5. The number of hydrogen-bond donors (Lipinski definition) is 1. The molecule has 3 aromatic carbocycles. The number of benzene rings is 3. The summed E-state index contributed by atoms with van der Waals surface area (Å²) < 4.78 is 36.2. The maximum atomic E-state index is 12.9. The first kappa shape index (κ1) is 24.4. The van der Waals surface area contributed by atoms with Crippen molar-refractivity contribution >= 4 is 43.2 Å². The van der Waals surface area contributed by atoms with Crippen LogP contribution in [0.3, 0.4) is 0 Å². The van der Waals surface area contributed by atoms with E-state index in [2.05, 4.69) is 16.3 Å². The summed E-state index contributed by atoms with van der Waals surface area (Å²) in [5, 5.41) is 0. The SMILES string of the molecule is C=CCn1c(=NC(=O)c2ccc(NS(=O)(=O)c3ccc(C)cc3)cc2)sc2cc(OCC)ccc21. The van der Waals surface area contributed by atoms with E-state index in [1.165, 1.54) is 11.3 Å². The highest BCUT2D eigenvalue weighted by Gasteiger charge is 2.15. The Bertz CT molecular complexity index is 1550. The molecule has 0 unspecified atom stereocenters. The molecule has 1 aromatic heterocycles. The predicted molar refractivity (Wildman–Crippen MR) is 140 cm³/mol. The number of aromatic nitrogens is 1. The zero-order chi connectivity index (χ0) is 25.0. The quantitative estimate of drug-likeness (QED) is 0.335. The van der Waals surface area contributed by atoms with Crippen LogP contribution < -0.4 is 14.3 Å². The van der Waals surface area contributed by atoms with Crippen LogP contribution in [0.15, 0.2) is 89.3 Å². The van der Waals surface area contributed by atoms with Gasteiger partial charge in [0.1, 0.15) is 5.75 Å². The number of thiazole rings is 1. The third-order valence-corrected chi connectivity index (χ3v) is 7.63. The first-order chi connectivity index (χ1) is 16.8. The largest absolute Gasteiger partial charge is 0.494 e. The Kier molecular flexibility index (Phi) is 7.18. The second-order valence-electron chi connectivity index (χ2n) is 7.76. The molecule has 0 spiro atoms. The highest BCUT2D eigenvalue weighted by molar-refractivity contribution is 7.92. The van der Waals surface area contributed by atoms with Crippen molar-refractivity contribution in [2.45, 2.75) is 25.3 Å². The standard InChI is InChI=1S/C26H25N3O4S2/c1-4-16-29-23-15-12-21(33-5-2)17-24(23)34-26(29)27-25(30)19-8-10-20(11-9-19)28-35(31,32)22-13-6-18(3)7-14-22/h4,6-15,17,28H,1,5,16H2,2-3H3. The molecule has 0 aliphatic heterocycles. The molecule has 0 saturated carbocycles. The number of amides is 1. The van der Waals surface area contributed by atoms with Gasteiger partial charge in [0, 0.05) is 17.8 Å². The minimum absolute atomic E-state index is 0.169. The lowest BCUT2D eigenvalue weighted by Crippen LogP contribution is -2.16. The van der Waals surface area contributed by atoms with Gasteiger partial charge in [-0.2, -0.15) is 4.99 Å². The molecule has 0 bridgehead atoms. The van der Waals surface area contributed by atoms with E-state index in [1.807, 2.05) is 36.6 Å². The third-order valence-electron chi connectivity index (χ3n) is 5.19. The maximum absolute atomic E-state index is 12.9. The van der Waals surface area contributed by atoms with Gasteiger partial charge in [-0.1, -0.05) is 35.1 Å². The van der Waals surface area contributed by atoms with Crippen LogP contribution in [0.1, 0.15) is 22.8 Å². The lowest BCUT2D eigenvalue weighted by molar-refractivity contribution is 0.0998. The van der Waals surface area contributed by atoms with E-state index < -0.39 is 15.9 Å². The van der Waals surface area contributed by atoms with E-state index in [-0.39, 0.29) is 4.90 Å². The Balaban J connectivity index is 1.60. The van der Waals surface area contributed by atoms with Gasteiger partial charge in [0.2, 0.25) is 0 Å². The number of aryl methyl sites for hydroxylation is 1. The molecule has 0 saturated heterocycles. The van der Waals surface area contributed by atoms with E-state index in [4.69, 9.17) is 4.74 Å². The number of sulfonamides is 1. The lowest BCUT2D eigenvalue weighted by atomic mass is 10.2. The van der Waals surface area contributed by atoms with Gasteiger partial charge in [0.05, 0.1) is 21.7 Å². The molecule has 0 radical (unpaired) electrons. The molecule has 180 valence electrons. The first-order valence-electron chi connectivity index (χ1n) is 11.0. The van der Waals surface area contributed by atoms with E-state index in [0.29, 0.717) is 29.2 Å². The van der Waals surface area contributed by atoms with E-state index in [9.17, 15) is 13.2 Å². The van der Waals surface area contributed by atoms with Crippen LogP contribution in [-0.2, 0) is 16.6 Å². The summed E-state index contributed by atoms with van der Waals surface area (Å²) in [4.78, 5) is 18.0. The highest BCUT2D eigenvalue weighted by Crippen LogP contribution is 2.24. The Morgan fingerprint density at radius 3 is 2.49 bits per heavy atom. The van der Waals surface area contributed by atoms with Crippen molar-refractivity contribution in [3.05, 3.63) is 95.3 Å². The topological polar surface area (TPSA) is 89.8 Å². The van der Waals surface area contributed by atoms with E-state index in [0.717, 1.165) is 21.5 Å². The minimum atomic E-state index is -3.73. The number of fused-ring (bicyclic) bond motifs is 1. The zero-order valence-electron chi connectivity index (χ0n) is 19.4. The fraction of sp³-hybridized carbons (Fsp3) is 0.154. The molecule has 0 atom stereocenters. The first-order valence-corrected chi connectivity index (χ1v) is 13.3. The van der Waals surface area contributed by atoms with Crippen molar-refractivity contribution in [3.63, 3.8) is 0 Å². The van der Waals surface area contributed by atoms with E-state index in [1.54, 1.807) is 54.6 Å². The van der Waals surface area contributed by atoms with Crippen LogP contribution in [-0.4, -0.2) is 25.5 Å². The monoisotopic (exact) mass is 507 g/mol. The molecule has 0 aliphatic carbocycles. The highest BCUT2D eigenvalue weighted by atomic mass is 32.2. The molecule has 1 N–H and O–H groups in total. The fourth-order valence-corrected chi connectivity index (χ4v) is 5.59. The summed E-state index contributed by atoms with van der Waals surface area (Å²) in [6.07, 6.45) is 1.75. The molecular weight excluding hydrogens is 482 g/mol.